The van der Waals surface area contributed by atoms with Gasteiger partial charge < -0.3 is 0 Å². The second-order valence-electron chi connectivity index (χ2n) is 6.89. The molecule has 0 amide bonds. The molecular formula is C24H17FN4. The van der Waals surface area contributed by atoms with Crippen LogP contribution in [0.25, 0.3) is 39.3 Å². The number of halogens is 1. The summed E-state index contributed by atoms with van der Waals surface area (Å²) in [5.41, 5.74) is 6.30. The zero-order valence-electron chi connectivity index (χ0n) is 15.7. The lowest BCUT2D eigenvalue weighted by Crippen LogP contribution is -1.94. The summed E-state index contributed by atoms with van der Waals surface area (Å²) in [6, 6.07) is 17.0. The van der Waals surface area contributed by atoms with Crippen molar-refractivity contribution in [3.05, 3.63) is 97.0 Å². The first-order valence-corrected chi connectivity index (χ1v) is 9.30. The number of rotatable bonds is 3. The minimum atomic E-state index is -0.215. The summed E-state index contributed by atoms with van der Waals surface area (Å²) < 4.78 is 15.8. The highest BCUT2D eigenvalue weighted by Gasteiger charge is 2.12. The number of pyridine rings is 3. The highest BCUT2D eigenvalue weighted by molar-refractivity contribution is 5.81. The van der Waals surface area contributed by atoms with E-state index in [0.717, 1.165) is 39.3 Å². The largest absolute Gasteiger partial charge is 0.299 e. The number of fused-ring (bicyclic) bond motifs is 1. The number of aromatic nitrogens is 4. The second kappa shape index (κ2) is 6.95. The minimum Gasteiger partial charge on any atom is -0.299 e. The zero-order chi connectivity index (χ0) is 19.8. The van der Waals surface area contributed by atoms with E-state index in [1.807, 2.05) is 42.6 Å². The van der Waals surface area contributed by atoms with E-state index in [0.29, 0.717) is 5.56 Å². The van der Waals surface area contributed by atoms with E-state index < -0.39 is 0 Å². The van der Waals surface area contributed by atoms with Gasteiger partial charge in [0.15, 0.2) is 0 Å². The Hall–Kier alpha value is -3.86. The summed E-state index contributed by atoms with van der Waals surface area (Å²) in [6.07, 6.45) is 9.20. The van der Waals surface area contributed by atoms with Crippen molar-refractivity contribution >= 4 is 5.52 Å². The van der Waals surface area contributed by atoms with E-state index in [1.165, 1.54) is 6.07 Å². The van der Waals surface area contributed by atoms with Gasteiger partial charge in [0.05, 0.1) is 17.4 Å². The van der Waals surface area contributed by atoms with Crippen LogP contribution in [0.15, 0.2) is 85.6 Å². The van der Waals surface area contributed by atoms with Gasteiger partial charge in [-0.15, -0.1) is 0 Å². The van der Waals surface area contributed by atoms with E-state index in [9.17, 15) is 4.39 Å². The standard InChI is InChI=1S/C24H17FN4/c1-16-13-18(5-7-22(16)25)23-21(3-2-10-27-23)19-4-6-20-14-28-24(29(20)15-19)17-8-11-26-12-9-17/h2-15H,1H3. The van der Waals surface area contributed by atoms with Crippen LogP contribution in [0.2, 0.25) is 0 Å². The lowest BCUT2D eigenvalue weighted by molar-refractivity contribution is 0.619. The molecule has 0 N–H and O–H groups in total. The Morgan fingerprint density at radius 2 is 1.66 bits per heavy atom. The summed E-state index contributed by atoms with van der Waals surface area (Å²) in [5, 5.41) is 0. The smallest absolute Gasteiger partial charge is 0.144 e. The van der Waals surface area contributed by atoms with Crippen molar-refractivity contribution in [2.24, 2.45) is 0 Å². The van der Waals surface area contributed by atoms with Gasteiger partial charge in [-0.3, -0.25) is 14.4 Å². The predicted molar refractivity (Wildman–Crippen MR) is 112 cm³/mol. The van der Waals surface area contributed by atoms with E-state index in [2.05, 4.69) is 31.6 Å². The fraction of sp³-hybridized carbons (Fsp3) is 0.0417. The quantitative estimate of drug-likeness (QED) is 0.411. The van der Waals surface area contributed by atoms with Gasteiger partial charge >= 0.3 is 0 Å². The SMILES string of the molecule is Cc1cc(-c2ncccc2-c2ccc3cnc(-c4ccncc4)n3c2)ccc1F. The summed E-state index contributed by atoms with van der Waals surface area (Å²) in [5.74, 6) is 0.639. The first-order valence-electron chi connectivity index (χ1n) is 9.30. The van der Waals surface area contributed by atoms with Crippen molar-refractivity contribution in [3.63, 3.8) is 0 Å². The average molecular weight is 380 g/mol. The van der Waals surface area contributed by atoms with Crippen LogP contribution in [0.1, 0.15) is 5.56 Å². The van der Waals surface area contributed by atoms with Crippen LogP contribution >= 0.6 is 0 Å². The number of benzene rings is 1. The Labute approximate surface area is 167 Å². The molecule has 29 heavy (non-hydrogen) atoms. The van der Waals surface area contributed by atoms with Gasteiger partial charge in [-0.1, -0.05) is 12.1 Å². The molecule has 0 aliphatic carbocycles. The van der Waals surface area contributed by atoms with Crippen molar-refractivity contribution in [1.82, 2.24) is 19.4 Å². The number of aryl methyl sites for hydroxylation is 1. The van der Waals surface area contributed by atoms with Gasteiger partial charge in [0.25, 0.3) is 0 Å². The Morgan fingerprint density at radius 3 is 2.48 bits per heavy atom. The molecule has 1 aromatic carbocycles. The molecule has 0 saturated carbocycles. The van der Waals surface area contributed by atoms with Crippen molar-refractivity contribution in [2.75, 3.05) is 0 Å². The maximum atomic E-state index is 13.7. The highest BCUT2D eigenvalue weighted by Crippen LogP contribution is 2.32. The van der Waals surface area contributed by atoms with Gasteiger partial charge in [-0.2, -0.15) is 0 Å². The number of imidazole rings is 1. The summed E-state index contributed by atoms with van der Waals surface area (Å²) in [6.45, 7) is 1.76. The molecule has 0 saturated heterocycles. The minimum absolute atomic E-state index is 0.215. The molecular weight excluding hydrogens is 363 g/mol. The first-order chi connectivity index (χ1) is 14.2. The zero-order valence-corrected chi connectivity index (χ0v) is 15.7. The fourth-order valence-corrected chi connectivity index (χ4v) is 3.52. The monoisotopic (exact) mass is 380 g/mol. The molecule has 4 nitrogen and oxygen atoms in total. The topological polar surface area (TPSA) is 43.1 Å². The van der Waals surface area contributed by atoms with Gasteiger partial charge in [-0.05, 0) is 55.0 Å². The molecule has 0 aliphatic rings. The van der Waals surface area contributed by atoms with Crippen LogP contribution in [-0.2, 0) is 0 Å². The summed E-state index contributed by atoms with van der Waals surface area (Å²) >= 11 is 0. The molecule has 0 radical (unpaired) electrons. The van der Waals surface area contributed by atoms with E-state index in [1.54, 1.807) is 31.6 Å². The van der Waals surface area contributed by atoms with Crippen LogP contribution in [0.5, 0.6) is 0 Å². The van der Waals surface area contributed by atoms with Crippen molar-refractivity contribution in [2.45, 2.75) is 6.92 Å². The fourth-order valence-electron chi connectivity index (χ4n) is 3.52. The summed E-state index contributed by atoms with van der Waals surface area (Å²) in [7, 11) is 0. The third-order valence-electron chi connectivity index (χ3n) is 5.02. The van der Waals surface area contributed by atoms with E-state index in [4.69, 9.17) is 0 Å². The molecule has 5 aromatic rings. The van der Waals surface area contributed by atoms with Gasteiger partial charge in [0.1, 0.15) is 11.6 Å². The molecule has 0 spiro atoms. The number of nitrogens with zero attached hydrogens (tertiary/aromatic N) is 4. The lowest BCUT2D eigenvalue weighted by Gasteiger charge is -2.11. The molecule has 4 heterocycles. The summed E-state index contributed by atoms with van der Waals surface area (Å²) in [4.78, 5) is 13.3. The van der Waals surface area contributed by atoms with Gasteiger partial charge in [0, 0.05) is 47.0 Å². The van der Waals surface area contributed by atoms with Crippen LogP contribution in [0.4, 0.5) is 4.39 Å². The average Bonchev–Trinajstić information content (AvgIpc) is 3.19. The molecule has 0 aliphatic heterocycles. The number of hydrogen-bond donors (Lipinski definition) is 0. The van der Waals surface area contributed by atoms with Crippen LogP contribution < -0.4 is 0 Å². The Bertz CT molecular complexity index is 1330. The van der Waals surface area contributed by atoms with Crippen LogP contribution in [-0.4, -0.2) is 19.4 Å². The molecule has 0 atom stereocenters. The van der Waals surface area contributed by atoms with E-state index >= 15 is 0 Å². The highest BCUT2D eigenvalue weighted by atomic mass is 19.1. The van der Waals surface area contributed by atoms with Crippen LogP contribution in [0.3, 0.4) is 0 Å². The Balaban J connectivity index is 1.68. The van der Waals surface area contributed by atoms with Crippen molar-refractivity contribution in [3.8, 4) is 33.8 Å². The molecule has 0 fully saturated rings. The van der Waals surface area contributed by atoms with Gasteiger partial charge in [-0.25, -0.2) is 9.37 Å². The molecule has 5 heteroatoms. The number of hydrogen-bond acceptors (Lipinski definition) is 3. The van der Waals surface area contributed by atoms with Crippen LogP contribution in [0, 0.1) is 12.7 Å². The molecule has 5 rings (SSSR count). The Morgan fingerprint density at radius 1 is 0.828 bits per heavy atom. The Kier molecular flexibility index (Phi) is 4.13. The second-order valence-corrected chi connectivity index (χ2v) is 6.89. The van der Waals surface area contributed by atoms with E-state index in [-0.39, 0.29) is 5.82 Å². The predicted octanol–water partition coefficient (Wildman–Crippen LogP) is 5.57. The molecule has 140 valence electrons. The van der Waals surface area contributed by atoms with Crippen molar-refractivity contribution in [1.29, 1.82) is 0 Å². The molecule has 0 bridgehead atoms. The third-order valence-corrected chi connectivity index (χ3v) is 5.02. The van der Waals surface area contributed by atoms with Crippen molar-refractivity contribution < 1.29 is 4.39 Å². The molecule has 4 aromatic heterocycles. The normalized spacial score (nSPS) is 11.1. The lowest BCUT2D eigenvalue weighted by atomic mass is 9.99. The third kappa shape index (κ3) is 3.06. The first kappa shape index (κ1) is 17.3. The van der Waals surface area contributed by atoms with Gasteiger partial charge in [0.2, 0.25) is 0 Å². The molecule has 0 unspecified atom stereocenters. The maximum Gasteiger partial charge on any atom is 0.144 e. The maximum absolute atomic E-state index is 13.7.